The molecule has 8 heteroatoms. The summed E-state index contributed by atoms with van der Waals surface area (Å²) in [5, 5.41) is 6.58. The number of benzene rings is 2. The molecule has 0 saturated carbocycles. The second-order valence-electron chi connectivity index (χ2n) is 7.61. The van der Waals surface area contributed by atoms with E-state index in [9.17, 15) is 4.79 Å². The van der Waals surface area contributed by atoms with Crippen molar-refractivity contribution in [2.75, 3.05) is 28.6 Å². The summed E-state index contributed by atoms with van der Waals surface area (Å²) in [7, 11) is 0. The number of anilines is 4. The first-order chi connectivity index (χ1) is 15.0. The van der Waals surface area contributed by atoms with E-state index in [1.165, 1.54) is 23.7 Å². The number of nitrogens with one attached hydrogen (secondary N) is 2. The summed E-state index contributed by atoms with van der Waals surface area (Å²) in [6, 6.07) is 16.2. The number of aromatic nitrogens is 3. The number of carbonyl (C=O) groups is 1. The third-order valence-corrected chi connectivity index (χ3v) is 6.40. The summed E-state index contributed by atoms with van der Waals surface area (Å²) < 4.78 is 0. The molecule has 1 aliphatic heterocycles. The number of carbonyl (C=O) groups excluding carboxylic acids is 1. The Kier molecular flexibility index (Phi) is 6.66. The maximum atomic E-state index is 11.3. The fourth-order valence-corrected chi connectivity index (χ4v) is 4.61. The van der Waals surface area contributed by atoms with Crippen LogP contribution in [0.4, 0.5) is 23.3 Å². The zero-order valence-corrected chi connectivity index (χ0v) is 18.5. The van der Waals surface area contributed by atoms with Gasteiger partial charge in [0.2, 0.25) is 17.8 Å². The zero-order valence-electron chi connectivity index (χ0n) is 17.7. The number of hydrogen-bond acceptors (Lipinski definition) is 7. The predicted octanol–water partition coefficient (Wildman–Crippen LogP) is 4.64. The van der Waals surface area contributed by atoms with Crippen LogP contribution >= 0.6 is 11.8 Å². The number of piperidine rings is 1. The molecule has 1 saturated heterocycles. The quantitative estimate of drug-likeness (QED) is 0.585. The van der Waals surface area contributed by atoms with Gasteiger partial charge in [0.15, 0.2) is 0 Å². The molecule has 2 heterocycles. The van der Waals surface area contributed by atoms with E-state index in [-0.39, 0.29) is 5.91 Å². The minimum atomic E-state index is -0.108. The molecule has 2 aromatic carbocycles. The number of aryl methyl sites for hydroxylation is 1. The van der Waals surface area contributed by atoms with Crippen molar-refractivity contribution in [3.8, 4) is 0 Å². The maximum absolute atomic E-state index is 11.3. The molecule has 0 atom stereocenters. The molecule has 3 aromatic rings. The molecule has 1 fully saturated rings. The van der Waals surface area contributed by atoms with Crippen molar-refractivity contribution in [3.05, 3.63) is 60.4 Å². The van der Waals surface area contributed by atoms with Crippen LogP contribution in [0.25, 0.3) is 0 Å². The van der Waals surface area contributed by atoms with Crippen LogP contribution in [0.5, 0.6) is 0 Å². The molecule has 0 spiro atoms. The molecule has 0 unspecified atom stereocenters. The number of nitrogens with zero attached hydrogens (tertiary/aromatic N) is 4. The first-order valence-corrected chi connectivity index (χ1v) is 11.2. The lowest BCUT2D eigenvalue weighted by Gasteiger charge is -2.31. The largest absolute Gasteiger partial charge is 0.341 e. The lowest BCUT2D eigenvalue weighted by molar-refractivity contribution is -0.114. The van der Waals surface area contributed by atoms with Gasteiger partial charge in [0.1, 0.15) is 6.33 Å². The second-order valence-corrected chi connectivity index (χ2v) is 8.99. The van der Waals surface area contributed by atoms with Gasteiger partial charge in [-0.1, -0.05) is 23.8 Å². The molecule has 0 radical (unpaired) electrons. The number of thioether (sulfide) groups is 1. The molecule has 1 aromatic heterocycles. The Morgan fingerprint density at radius 3 is 2.55 bits per heavy atom. The van der Waals surface area contributed by atoms with Gasteiger partial charge in [-0.3, -0.25) is 4.79 Å². The molecule has 160 valence electrons. The van der Waals surface area contributed by atoms with Gasteiger partial charge in [-0.05, 0) is 50.1 Å². The third kappa shape index (κ3) is 5.95. The van der Waals surface area contributed by atoms with Gasteiger partial charge in [-0.15, -0.1) is 11.8 Å². The standard InChI is InChI=1S/C23H26N6OS/c1-16-6-8-20(9-7-16)31-21-10-12-29(13-11-21)23-25-15-24-22(28-23)27-19-5-3-4-18(14-19)26-17(2)30/h3-9,14-15,21H,10-13H2,1-2H3,(H,26,30)(H,24,25,27,28). The summed E-state index contributed by atoms with van der Waals surface area (Å²) in [6.07, 6.45) is 3.72. The highest BCUT2D eigenvalue weighted by Gasteiger charge is 2.22. The minimum absolute atomic E-state index is 0.108. The third-order valence-electron chi connectivity index (χ3n) is 5.05. The van der Waals surface area contributed by atoms with Crippen LogP contribution in [0, 0.1) is 6.92 Å². The Morgan fingerprint density at radius 2 is 1.81 bits per heavy atom. The van der Waals surface area contributed by atoms with Crippen LogP contribution in [-0.2, 0) is 4.79 Å². The predicted molar refractivity (Wildman–Crippen MR) is 126 cm³/mol. The highest BCUT2D eigenvalue weighted by Crippen LogP contribution is 2.31. The number of rotatable bonds is 6. The van der Waals surface area contributed by atoms with E-state index in [0.29, 0.717) is 17.1 Å². The van der Waals surface area contributed by atoms with Gasteiger partial charge >= 0.3 is 0 Å². The minimum Gasteiger partial charge on any atom is -0.341 e. The van der Waals surface area contributed by atoms with E-state index in [0.717, 1.165) is 37.3 Å². The van der Waals surface area contributed by atoms with Crippen LogP contribution in [0.2, 0.25) is 0 Å². The molecule has 1 amide bonds. The molecule has 4 rings (SSSR count). The Balaban J connectivity index is 1.35. The topological polar surface area (TPSA) is 83.0 Å². The van der Waals surface area contributed by atoms with Gasteiger partial charge in [-0.2, -0.15) is 4.98 Å². The summed E-state index contributed by atoms with van der Waals surface area (Å²) in [5.74, 6) is 1.07. The normalized spacial score (nSPS) is 14.3. The monoisotopic (exact) mass is 434 g/mol. The summed E-state index contributed by atoms with van der Waals surface area (Å²) in [4.78, 5) is 28.0. The van der Waals surface area contributed by atoms with Gasteiger partial charge in [0.05, 0.1) is 0 Å². The van der Waals surface area contributed by atoms with E-state index in [1.807, 2.05) is 36.0 Å². The molecule has 0 bridgehead atoms. The Labute approximate surface area is 186 Å². The highest BCUT2D eigenvalue weighted by atomic mass is 32.2. The van der Waals surface area contributed by atoms with Crippen LogP contribution in [0.1, 0.15) is 25.3 Å². The van der Waals surface area contributed by atoms with Crippen molar-refractivity contribution in [2.45, 2.75) is 36.8 Å². The van der Waals surface area contributed by atoms with E-state index in [4.69, 9.17) is 0 Å². The van der Waals surface area contributed by atoms with Gasteiger partial charge in [-0.25, -0.2) is 9.97 Å². The SMILES string of the molecule is CC(=O)Nc1cccc(Nc2ncnc(N3CCC(Sc4ccc(C)cc4)CC3)n2)c1. The van der Waals surface area contributed by atoms with E-state index in [2.05, 4.69) is 61.7 Å². The van der Waals surface area contributed by atoms with Crippen LogP contribution in [0.3, 0.4) is 0 Å². The van der Waals surface area contributed by atoms with Crippen molar-refractivity contribution in [1.82, 2.24) is 15.0 Å². The summed E-state index contributed by atoms with van der Waals surface area (Å²) in [5.41, 5.74) is 2.82. The smallest absolute Gasteiger partial charge is 0.231 e. The number of hydrogen-bond donors (Lipinski definition) is 2. The van der Waals surface area contributed by atoms with Gasteiger partial charge in [0.25, 0.3) is 0 Å². The van der Waals surface area contributed by atoms with E-state index < -0.39 is 0 Å². The fraction of sp³-hybridized carbons (Fsp3) is 0.304. The Bertz CT molecular complexity index is 1030. The Morgan fingerprint density at radius 1 is 1.06 bits per heavy atom. The molecule has 1 aliphatic rings. The van der Waals surface area contributed by atoms with Crippen molar-refractivity contribution in [3.63, 3.8) is 0 Å². The van der Waals surface area contributed by atoms with Crippen molar-refractivity contribution >= 4 is 40.9 Å². The molecule has 2 N–H and O–H groups in total. The van der Waals surface area contributed by atoms with Gasteiger partial charge in [0, 0.05) is 41.5 Å². The molecule has 7 nitrogen and oxygen atoms in total. The first kappa shape index (κ1) is 21.1. The molecule has 31 heavy (non-hydrogen) atoms. The van der Waals surface area contributed by atoms with E-state index >= 15 is 0 Å². The van der Waals surface area contributed by atoms with Gasteiger partial charge < -0.3 is 15.5 Å². The van der Waals surface area contributed by atoms with Crippen LogP contribution in [-0.4, -0.2) is 39.2 Å². The van der Waals surface area contributed by atoms with Crippen molar-refractivity contribution in [2.24, 2.45) is 0 Å². The second kappa shape index (κ2) is 9.78. The molecular weight excluding hydrogens is 408 g/mol. The summed E-state index contributed by atoms with van der Waals surface area (Å²) in [6.45, 7) is 5.45. The van der Waals surface area contributed by atoms with Crippen LogP contribution in [0.15, 0.2) is 59.8 Å². The zero-order chi connectivity index (χ0) is 21.6. The summed E-state index contributed by atoms with van der Waals surface area (Å²) >= 11 is 1.96. The van der Waals surface area contributed by atoms with Crippen molar-refractivity contribution < 1.29 is 4.79 Å². The maximum Gasteiger partial charge on any atom is 0.231 e. The number of amides is 1. The highest BCUT2D eigenvalue weighted by molar-refractivity contribution is 8.00. The molecular formula is C23H26N6OS. The Hall–Kier alpha value is -3.13. The lowest BCUT2D eigenvalue weighted by atomic mass is 10.1. The van der Waals surface area contributed by atoms with Crippen molar-refractivity contribution in [1.29, 1.82) is 0 Å². The lowest BCUT2D eigenvalue weighted by Crippen LogP contribution is -2.36. The fourth-order valence-electron chi connectivity index (χ4n) is 3.49. The average Bonchev–Trinajstić information content (AvgIpc) is 2.76. The van der Waals surface area contributed by atoms with E-state index in [1.54, 1.807) is 0 Å². The average molecular weight is 435 g/mol. The molecule has 0 aliphatic carbocycles. The first-order valence-electron chi connectivity index (χ1n) is 10.4. The van der Waals surface area contributed by atoms with Crippen LogP contribution < -0.4 is 15.5 Å².